The third-order valence-electron chi connectivity index (χ3n) is 5.71. The molecule has 2 fully saturated rings. The topological polar surface area (TPSA) is 100.0 Å². The standard InChI is InChI=1S/C21H26N2O.2C2HF3O2/c1-2-6-17(7-3-1)14-20-21(24-16-18-9-10-18)11-13-23(20)15-19-8-4-5-12-22-19;2*3-2(4,5)1(6)7/h1-8,12,18,20-21H,9-11,13-16H2;2*(H,6,7)/t20-,21+;;/m0../s1. The highest BCUT2D eigenvalue weighted by Crippen LogP contribution is 2.32. The Labute approximate surface area is 215 Å². The summed E-state index contributed by atoms with van der Waals surface area (Å²) in [5.74, 6) is -4.69. The van der Waals surface area contributed by atoms with Crippen molar-refractivity contribution >= 4 is 11.9 Å². The molecule has 0 unspecified atom stereocenters. The number of likely N-dealkylation sites (tertiary alicyclic amines) is 1. The van der Waals surface area contributed by atoms with E-state index in [1.165, 1.54) is 18.4 Å². The van der Waals surface area contributed by atoms with Crippen LogP contribution >= 0.6 is 0 Å². The van der Waals surface area contributed by atoms with E-state index in [9.17, 15) is 26.3 Å². The van der Waals surface area contributed by atoms with Crippen LogP contribution in [0.2, 0.25) is 0 Å². The van der Waals surface area contributed by atoms with Gasteiger partial charge in [0.25, 0.3) is 0 Å². The number of rotatable bonds is 7. The smallest absolute Gasteiger partial charge is 0.475 e. The lowest BCUT2D eigenvalue weighted by Crippen LogP contribution is -2.38. The van der Waals surface area contributed by atoms with Crippen LogP contribution in [0.25, 0.3) is 0 Å². The van der Waals surface area contributed by atoms with Crippen molar-refractivity contribution in [3.05, 3.63) is 66.0 Å². The fourth-order valence-corrected chi connectivity index (χ4v) is 3.64. The maximum Gasteiger partial charge on any atom is 0.490 e. The predicted molar refractivity (Wildman–Crippen MR) is 123 cm³/mol. The molecule has 1 aromatic carbocycles. The molecule has 0 spiro atoms. The van der Waals surface area contributed by atoms with Gasteiger partial charge in [-0.2, -0.15) is 26.3 Å². The van der Waals surface area contributed by atoms with E-state index in [4.69, 9.17) is 24.5 Å². The largest absolute Gasteiger partial charge is 0.490 e. The first kappa shape index (κ1) is 31.0. The second-order valence-corrected chi connectivity index (χ2v) is 8.76. The lowest BCUT2D eigenvalue weighted by Gasteiger charge is -2.28. The summed E-state index contributed by atoms with van der Waals surface area (Å²) in [5.41, 5.74) is 2.55. The molecule has 1 saturated carbocycles. The molecule has 1 saturated heterocycles. The van der Waals surface area contributed by atoms with Gasteiger partial charge in [-0.3, -0.25) is 9.88 Å². The Kier molecular flexibility index (Phi) is 11.5. The summed E-state index contributed by atoms with van der Waals surface area (Å²) in [5, 5.41) is 14.2. The number of ether oxygens (including phenoxy) is 1. The van der Waals surface area contributed by atoms with E-state index in [0.29, 0.717) is 12.1 Å². The Morgan fingerprint density at radius 2 is 1.45 bits per heavy atom. The molecule has 1 aliphatic carbocycles. The zero-order chi connectivity index (χ0) is 28.3. The van der Waals surface area contributed by atoms with Gasteiger partial charge in [-0.05, 0) is 49.3 Å². The molecule has 2 N–H and O–H groups in total. The van der Waals surface area contributed by atoms with E-state index >= 15 is 0 Å². The number of carboxylic acids is 2. The zero-order valence-corrected chi connectivity index (χ0v) is 20.2. The molecule has 13 heteroatoms. The van der Waals surface area contributed by atoms with Crippen molar-refractivity contribution in [2.75, 3.05) is 13.2 Å². The number of aliphatic carboxylic acids is 2. The third kappa shape index (κ3) is 11.5. The molecule has 38 heavy (non-hydrogen) atoms. The second-order valence-electron chi connectivity index (χ2n) is 8.76. The van der Waals surface area contributed by atoms with Gasteiger partial charge in [0.2, 0.25) is 0 Å². The monoisotopic (exact) mass is 550 g/mol. The normalized spacial score (nSPS) is 19.5. The summed E-state index contributed by atoms with van der Waals surface area (Å²) in [4.78, 5) is 24.9. The van der Waals surface area contributed by atoms with Crippen LogP contribution in [0.1, 0.15) is 30.5 Å². The summed E-state index contributed by atoms with van der Waals surface area (Å²) in [6, 6.07) is 17.4. The van der Waals surface area contributed by atoms with Gasteiger partial charge in [0.05, 0.1) is 11.8 Å². The maximum atomic E-state index is 10.6. The van der Waals surface area contributed by atoms with Crippen LogP contribution in [0, 0.1) is 5.92 Å². The molecule has 210 valence electrons. The van der Waals surface area contributed by atoms with Gasteiger partial charge in [0.15, 0.2) is 0 Å². The number of nitrogens with zero attached hydrogens (tertiary/aromatic N) is 2. The number of hydrogen-bond donors (Lipinski definition) is 2. The van der Waals surface area contributed by atoms with Crippen LogP contribution in [0.15, 0.2) is 54.7 Å². The molecule has 2 aromatic rings. The van der Waals surface area contributed by atoms with Crippen molar-refractivity contribution in [1.29, 1.82) is 0 Å². The van der Waals surface area contributed by atoms with Gasteiger partial charge < -0.3 is 14.9 Å². The molecule has 0 amide bonds. The SMILES string of the molecule is O=C(O)C(F)(F)F.O=C(O)C(F)(F)F.c1ccc(C[C@H]2[C@H](OCC3CC3)CCN2Cc2ccccn2)cc1. The van der Waals surface area contributed by atoms with Crippen LogP contribution in [0.5, 0.6) is 0 Å². The van der Waals surface area contributed by atoms with Gasteiger partial charge in [0.1, 0.15) is 0 Å². The van der Waals surface area contributed by atoms with Crippen LogP contribution < -0.4 is 0 Å². The summed E-state index contributed by atoms with van der Waals surface area (Å²) < 4.78 is 69.8. The van der Waals surface area contributed by atoms with E-state index in [0.717, 1.165) is 44.1 Å². The van der Waals surface area contributed by atoms with Gasteiger partial charge in [0, 0.05) is 31.9 Å². The van der Waals surface area contributed by atoms with E-state index in [1.54, 1.807) is 0 Å². The van der Waals surface area contributed by atoms with Gasteiger partial charge in [-0.1, -0.05) is 36.4 Å². The molecule has 1 aromatic heterocycles. The van der Waals surface area contributed by atoms with Crippen LogP contribution in [0.4, 0.5) is 26.3 Å². The fourth-order valence-electron chi connectivity index (χ4n) is 3.64. The predicted octanol–water partition coefficient (Wildman–Crippen LogP) is 4.96. The van der Waals surface area contributed by atoms with E-state index in [-0.39, 0.29) is 0 Å². The molecule has 1 aliphatic heterocycles. The van der Waals surface area contributed by atoms with Crippen molar-refractivity contribution in [2.45, 2.75) is 56.7 Å². The van der Waals surface area contributed by atoms with Gasteiger partial charge >= 0.3 is 24.3 Å². The van der Waals surface area contributed by atoms with Crippen LogP contribution in [-0.2, 0) is 27.3 Å². The number of carbonyl (C=O) groups is 2. The Hall–Kier alpha value is -3.19. The highest BCUT2D eigenvalue weighted by atomic mass is 19.4. The van der Waals surface area contributed by atoms with E-state index < -0.39 is 24.3 Å². The lowest BCUT2D eigenvalue weighted by molar-refractivity contribution is -0.193. The van der Waals surface area contributed by atoms with Crippen LogP contribution in [0.3, 0.4) is 0 Å². The molecule has 2 atom stereocenters. The first-order valence-corrected chi connectivity index (χ1v) is 11.7. The Morgan fingerprint density at radius 3 is 1.92 bits per heavy atom. The summed E-state index contributed by atoms with van der Waals surface area (Å²) in [7, 11) is 0. The Morgan fingerprint density at radius 1 is 0.895 bits per heavy atom. The average molecular weight is 550 g/mol. The van der Waals surface area contributed by atoms with Crippen molar-refractivity contribution < 1.29 is 50.9 Å². The quantitative estimate of drug-likeness (QED) is 0.470. The number of aromatic nitrogens is 1. The average Bonchev–Trinajstić information content (AvgIpc) is 3.61. The van der Waals surface area contributed by atoms with Crippen molar-refractivity contribution in [2.24, 2.45) is 5.92 Å². The molecule has 0 radical (unpaired) electrons. The number of hydrogen-bond acceptors (Lipinski definition) is 5. The van der Waals surface area contributed by atoms with E-state index in [1.807, 2.05) is 12.3 Å². The summed E-state index contributed by atoms with van der Waals surface area (Å²) >= 11 is 0. The van der Waals surface area contributed by atoms with Crippen LogP contribution in [-0.4, -0.2) is 69.7 Å². The molecular formula is C25H28F6N2O5. The van der Waals surface area contributed by atoms with Crippen molar-refractivity contribution in [3.8, 4) is 0 Å². The van der Waals surface area contributed by atoms with Gasteiger partial charge in [-0.15, -0.1) is 0 Å². The molecule has 2 heterocycles. The number of carboxylic acid groups (broad SMARTS) is 2. The minimum Gasteiger partial charge on any atom is -0.475 e. The molecule has 4 rings (SSSR count). The first-order chi connectivity index (χ1) is 17.8. The third-order valence-corrected chi connectivity index (χ3v) is 5.71. The highest BCUT2D eigenvalue weighted by molar-refractivity contribution is 5.73. The van der Waals surface area contributed by atoms with Crippen molar-refractivity contribution in [1.82, 2.24) is 9.88 Å². The Balaban J connectivity index is 0.000000301. The fraction of sp³-hybridized carbons (Fsp3) is 0.480. The summed E-state index contributed by atoms with van der Waals surface area (Å²) in [6.45, 7) is 2.97. The minimum absolute atomic E-state index is 0.356. The number of halogens is 6. The van der Waals surface area contributed by atoms with Gasteiger partial charge in [-0.25, -0.2) is 9.59 Å². The zero-order valence-electron chi connectivity index (χ0n) is 20.2. The van der Waals surface area contributed by atoms with Crippen molar-refractivity contribution in [3.63, 3.8) is 0 Å². The number of alkyl halides is 6. The second kappa shape index (κ2) is 14.1. The lowest BCUT2D eigenvalue weighted by atomic mass is 10.0. The minimum atomic E-state index is -5.08. The summed E-state index contributed by atoms with van der Waals surface area (Å²) in [6.07, 6.45) is -3.02. The Bertz CT molecular complexity index is 977. The molecular weight excluding hydrogens is 522 g/mol. The highest BCUT2D eigenvalue weighted by Gasteiger charge is 2.39. The number of pyridine rings is 1. The number of benzene rings is 1. The van der Waals surface area contributed by atoms with E-state index in [2.05, 4.69) is 52.3 Å². The first-order valence-electron chi connectivity index (χ1n) is 11.7. The molecule has 0 bridgehead atoms. The molecule has 2 aliphatic rings. The maximum absolute atomic E-state index is 10.6. The molecule has 7 nitrogen and oxygen atoms in total.